The maximum atomic E-state index is 12.5. The van der Waals surface area contributed by atoms with Gasteiger partial charge in [0.05, 0.1) is 12.1 Å². The number of halogens is 1. The van der Waals surface area contributed by atoms with Gasteiger partial charge in [-0.2, -0.15) is 0 Å². The first kappa shape index (κ1) is 19.1. The van der Waals surface area contributed by atoms with Gasteiger partial charge in [-0.1, -0.05) is 61.4 Å². The van der Waals surface area contributed by atoms with Gasteiger partial charge in [0, 0.05) is 22.1 Å². The van der Waals surface area contributed by atoms with Gasteiger partial charge in [0.15, 0.2) is 0 Å². The Morgan fingerprint density at radius 1 is 1.17 bits per heavy atom. The Balaban J connectivity index is 1.64. The molecule has 1 unspecified atom stereocenters. The van der Waals surface area contributed by atoms with E-state index < -0.39 is 5.66 Å². The Bertz CT molecular complexity index is 1250. The third kappa shape index (κ3) is 2.53. The van der Waals surface area contributed by atoms with E-state index in [4.69, 9.17) is 11.6 Å². The molecule has 2 aromatic carbocycles. The predicted molar refractivity (Wildman–Crippen MR) is 123 cm³/mol. The lowest BCUT2D eigenvalue weighted by Gasteiger charge is -2.40. The van der Waals surface area contributed by atoms with E-state index in [1.807, 2.05) is 12.1 Å². The van der Waals surface area contributed by atoms with Crippen LogP contribution in [0.2, 0.25) is 5.15 Å². The van der Waals surface area contributed by atoms with Crippen molar-refractivity contribution >= 4 is 40.2 Å². The van der Waals surface area contributed by atoms with E-state index in [1.54, 1.807) is 0 Å². The number of benzene rings is 2. The smallest absolute Gasteiger partial charge is 0.241 e. The second kappa shape index (κ2) is 6.32. The molecule has 5 heteroatoms. The average molecular weight is 418 g/mol. The monoisotopic (exact) mass is 417 g/mol. The molecule has 1 atom stereocenters. The van der Waals surface area contributed by atoms with Gasteiger partial charge < -0.3 is 10.2 Å². The number of para-hydroxylation sites is 1. The summed E-state index contributed by atoms with van der Waals surface area (Å²) in [6.45, 7) is 8.83. The molecule has 2 aliphatic rings. The molecule has 152 valence electrons. The highest BCUT2D eigenvalue weighted by Crippen LogP contribution is 2.52. The number of pyridine rings is 1. The van der Waals surface area contributed by atoms with E-state index >= 15 is 0 Å². The van der Waals surface area contributed by atoms with Crippen molar-refractivity contribution in [2.75, 3.05) is 11.4 Å². The third-order valence-corrected chi connectivity index (χ3v) is 6.92. The number of anilines is 1. The second-order valence-corrected chi connectivity index (χ2v) is 9.26. The first-order valence-electron chi connectivity index (χ1n) is 10.2. The molecule has 0 radical (unpaired) electrons. The number of amides is 1. The van der Waals surface area contributed by atoms with Gasteiger partial charge in [-0.25, -0.2) is 4.98 Å². The molecular formula is C25H24ClN3O. The lowest BCUT2D eigenvalue weighted by molar-refractivity contribution is -0.118. The van der Waals surface area contributed by atoms with Crippen LogP contribution in [-0.4, -0.2) is 23.1 Å². The van der Waals surface area contributed by atoms with Crippen molar-refractivity contribution in [2.24, 2.45) is 0 Å². The number of hydrogen-bond acceptors (Lipinski definition) is 3. The maximum absolute atomic E-state index is 12.5. The van der Waals surface area contributed by atoms with Gasteiger partial charge in [0.2, 0.25) is 5.91 Å². The number of rotatable bonds is 2. The number of nitrogens with zero attached hydrogens (tertiary/aromatic N) is 2. The summed E-state index contributed by atoms with van der Waals surface area (Å²) in [6, 6.07) is 14.6. The fraction of sp³-hybridized carbons (Fsp3) is 0.280. The molecule has 0 spiro atoms. The molecule has 5 rings (SSSR count). The van der Waals surface area contributed by atoms with Gasteiger partial charge in [-0.3, -0.25) is 4.79 Å². The molecule has 3 aromatic rings. The molecule has 1 fully saturated rings. The Kier molecular flexibility index (Phi) is 4.03. The van der Waals surface area contributed by atoms with E-state index in [9.17, 15) is 4.79 Å². The average Bonchev–Trinajstić information content (AvgIpc) is 3.12. The Hall–Kier alpha value is -2.85. The van der Waals surface area contributed by atoms with Crippen LogP contribution in [0.3, 0.4) is 0 Å². The van der Waals surface area contributed by atoms with Crippen molar-refractivity contribution in [3.05, 3.63) is 75.9 Å². The van der Waals surface area contributed by atoms with Crippen LogP contribution >= 0.6 is 11.6 Å². The second-order valence-electron chi connectivity index (χ2n) is 8.90. The normalized spacial score (nSPS) is 21.9. The number of aryl methyl sites for hydroxylation is 2. The number of fused-ring (bicyclic) bond motifs is 4. The van der Waals surface area contributed by atoms with Crippen molar-refractivity contribution in [1.82, 2.24) is 10.3 Å². The zero-order valence-electron chi connectivity index (χ0n) is 17.6. The van der Waals surface area contributed by atoms with Crippen molar-refractivity contribution in [2.45, 2.75) is 38.8 Å². The molecule has 2 aliphatic heterocycles. The van der Waals surface area contributed by atoms with E-state index in [0.717, 1.165) is 27.7 Å². The summed E-state index contributed by atoms with van der Waals surface area (Å²) in [7, 11) is 0. The molecule has 3 heterocycles. The third-order valence-electron chi connectivity index (χ3n) is 6.62. The lowest BCUT2D eigenvalue weighted by atomic mass is 9.75. The zero-order valence-corrected chi connectivity index (χ0v) is 18.3. The van der Waals surface area contributed by atoms with E-state index in [-0.39, 0.29) is 11.3 Å². The first-order valence-corrected chi connectivity index (χ1v) is 10.6. The largest absolute Gasteiger partial charge is 0.335 e. The highest BCUT2D eigenvalue weighted by Gasteiger charge is 2.59. The fourth-order valence-corrected chi connectivity index (χ4v) is 5.31. The molecule has 0 bridgehead atoms. The van der Waals surface area contributed by atoms with Crippen molar-refractivity contribution in [1.29, 1.82) is 0 Å². The summed E-state index contributed by atoms with van der Waals surface area (Å²) in [4.78, 5) is 19.3. The highest BCUT2D eigenvalue weighted by atomic mass is 35.5. The highest BCUT2D eigenvalue weighted by molar-refractivity contribution is 6.31. The zero-order chi connectivity index (χ0) is 21.3. The lowest BCUT2D eigenvalue weighted by Crippen LogP contribution is -2.58. The first-order chi connectivity index (χ1) is 14.2. The molecular weight excluding hydrogens is 394 g/mol. The SMILES string of the molecule is Cc1cc(C)c2nc(Cl)c(C=CC34NC(=O)CN3c3ccccc3C4(C)C)cc2c1. The van der Waals surface area contributed by atoms with E-state index in [1.165, 1.54) is 11.1 Å². The van der Waals surface area contributed by atoms with Gasteiger partial charge in [0.1, 0.15) is 10.8 Å². The van der Waals surface area contributed by atoms with Crippen molar-refractivity contribution in [3.63, 3.8) is 0 Å². The minimum absolute atomic E-state index is 0.0243. The molecule has 1 saturated heterocycles. The molecule has 0 aliphatic carbocycles. The predicted octanol–water partition coefficient (Wildman–Crippen LogP) is 5.14. The topological polar surface area (TPSA) is 45.2 Å². The summed E-state index contributed by atoms with van der Waals surface area (Å²) >= 11 is 6.57. The van der Waals surface area contributed by atoms with Crippen LogP contribution in [0.15, 0.2) is 48.5 Å². The summed E-state index contributed by atoms with van der Waals surface area (Å²) < 4.78 is 0. The molecule has 4 nitrogen and oxygen atoms in total. The van der Waals surface area contributed by atoms with Crippen molar-refractivity contribution in [3.8, 4) is 0 Å². The standard InChI is InChI=1S/C25H24ClN3O/c1-15-11-16(2)22-18(12-15)13-17(23(26)27-22)9-10-25-24(3,4)19-7-5-6-8-20(19)29(25)14-21(30)28-25/h5-13H,14H2,1-4H3,(H,28,30). The molecule has 1 aromatic heterocycles. The van der Waals surface area contributed by atoms with Gasteiger partial charge >= 0.3 is 0 Å². The van der Waals surface area contributed by atoms with Crippen LogP contribution in [0.25, 0.3) is 17.0 Å². The minimum Gasteiger partial charge on any atom is -0.335 e. The summed E-state index contributed by atoms with van der Waals surface area (Å²) in [5.74, 6) is 0.0243. The molecule has 1 amide bonds. The number of aromatic nitrogens is 1. The van der Waals surface area contributed by atoms with Crippen LogP contribution in [0.5, 0.6) is 0 Å². The van der Waals surface area contributed by atoms with Crippen LogP contribution in [0.1, 0.15) is 36.1 Å². The van der Waals surface area contributed by atoms with Crippen LogP contribution < -0.4 is 10.2 Å². The summed E-state index contributed by atoms with van der Waals surface area (Å²) in [5, 5.41) is 4.78. The number of carbonyl (C=O) groups excluding carboxylic acids is 1. The van der Waals surface area contributed by atoms with Gasteiger partial charge in [-0.15, -0.1) is 0 Å². The fourth-order valence-electron chi connectivity index (χ4n) is 5.11. The minimum atomic E-state index is -0.644. The number of carbonyl (C=O) groups is 1. The number of hydrogen-bond donors (Lipinski definition) is 1. The summed E-state index contributed by atoms with van der Waals surface area (Å²) in [6.07, 6.45) is 4.08. The Labute approximate surface area is 181 Å². The Morgan fingerprint density at radius 2 is 1.93 bits per heavy atom. The maximum Gasteiger partial charge on any atom is 0.241 e. The van der Waals surface area contributed by atoms with Crippen LogP contribution in [-0.2, 0) is 10.2 Å². The molecule has 1 N–H and O–H groups in total. The van der Waals surface area contributed by atoms with Gasteiger partial charge in [-0.05, 0) is 49.2 Å². The van der Waals surface area contributed by atoms with E-state index in [2.05, 4.69) is 85.4 Å². The molecule has 0 saturated carbocycles. The Morgan fingerprint density at radius 3 is 2.73 bits per heavy atom. The van der Waals surface area contributed by atoms with E-state index in [0.29, 0.717) is 11.7 Å². The van der Waals surface area contributed by atoms with Crippen molar-refractivity contribution < 1.29 is 4.79 Å². The van der Waals surface area contributed by atoms with Crippen LogP contribution in [0, 0.1) is 13.8 Å². The van der Waals surface area contributed by atoms with Gasteiger partial charge in [0.25, 0.3) is 0 Å². The summed E-state index contributed by atoms with van der Waals surface area (Å²) in [5.41, 5.74) is 5.44. The molecule has 30 heavy (non-hydrogen) atoms. The quantitative estimate of drug-likeness (QED) is 0.587. The van der Waals surface area contributed by atoms with Crippen LogP contribution in [0.4, 0.5) is 5.69 Å². The number of nitrogens with one attached hydrogen (secondary N) is 1.